The van der Waals surface area contributed by atoms with E-state index in [0.717, 1.165) is 71.8 Å². The number of aromatic nitrogens is 2. The van der Waals surface area contributed by atoms with Gasteiger partial charge in [0.15, 0.2) is 6.20 Å². The molecule has 0 N–H and O–H groups in total. The van der Waals surface area contributed by atoms with Crippen molar-refractivity contribution in [2.45, 2.75) is 27.7 Å². The van der Waals surface area contributed by atoms with Gasteiger partial charge in [0.1, 0.15) is 23.8 Å². The van der Waals surface area contributed by atoms with Crippen LogP contribution in [0.15, 0.2) is 118 Å². The number of aryl methyl sites for hydroxylation is 5. The molecule has 9 rings (SSSR count). The molecule has 9 aromatic rings. The van der Waals surface area contributed by atoms with Gasteiger partial charge in [0, 0.05) is 44.3 Å². The molecule has 0 fully saturated rings. The maximum absolute atomic E-state index is 6.78. The van der Waals surface area contributed by atoms with E-state index in [2.05, 4.69) is 141 Å². The zero-order valence-corrected chi connectivity index (χ0v) is 27.1. The summed E-state index contributed by atoms with van der Waals surface area (Å²) in [5, 5.41) is 6.75. The number of pyridine rings is 2. The Kier molecular flexibility index (Phi) is 5.94. The first-order valence-electron chi connectivity index (χ1n) is 16.1. The van der Waals surface area contributed by atoms with Crippen molar-refractivity contribution in [1.29, 1.82) is 0 Å². The van der Waals surface area contributed by atoms with Crippen molar-refractivity contribution >= 4 is 54.8 Å². The van der Waals surface area contributed by atoms with Crippen LogP contribution in [0.4, 0.5) is 0 Å². The first kappa shape index (κ1) is 27.6. The summed E-state index contributed by atoms with van der Waals surface area (Å²) in [4.78, 5) is 4.59. The number of nitrogens with zero attached hydrogens (tertiary/aromatic N) is 2. The Labute approximate surface area is 272 Å². The lowest BCUT2D eigenvalue weighted by Gasteiger charge is -2.13. The van der Waals surface area contributed by atoms with Gasteiger partial charge in [-0.25, -0.2) is 9.55 Å². The number of hydrogen-bond donors (Lipinski definition) is 0. The van der Waals surface area contributed by atoms with Crippen LogP contribution in [0.3, 0.4) is 0 Å². The van der Waals surface area contributed by atoms with Crippen molar-refractivity contribution in [1.82, 2.24) is 4.98 Å². The molecule has 4 aromatic heterocycles. The largest absolute Gasteiger partial charge is 0.454 e. The molecule has 0 unspecified atom stereocenters. The van der Waals surface area contributed by atoms with Gasteiger partial charge in [-0.2, -0.15) is 0 Å². The van der Waals surface area contributed by atoms with E-state index in [4.69, 9.17) is 8.83 Å². The van der Waals surface area contributed by atoms with Crippen LogP contribution in [-0.2, 0) is 7.05 Å². The number of rotatable bonds is 3. The number of fused-ring (bicyclic) bond motifs is 8. The minimum Gasteiger partial charge on any atom is -0.454 e. The number of hydrogen-bond acceptors (Lipinski definition) is 3. The van der Waals surface area contributed by atoms with E-state index in [1.54, 1.807) is 0 Å². The van der Waals surface area contributed by atoms with E-state index in [1.807, 2.05) is 13.0 Å². The fourth-order valence-corrected chi connectivity index (χ4v) is 7.38. The minimum atomic E-state index is 0.689. The predicted molar refractivity (Wildman–Crippen MR) is 193 cm³/mol. The molecule has 0 aliphatic carbocycles. The predicted octanol–water partition coefficient (Wildman–Crippen LogP) is 11.1. The SMILES string of the molecule is Cc1ccc2c(n1)oc1cc(-c3ccc(-c4cc(-c5c(C)ccc6c5oc5c7ccccc7ccc65)[n+](C)cc4C)c(C)c3)ccc12. The van der Waals surface area contributed by atoms with Crippen LogP contribution >= 0.6 is 0 Å². The van der Waals surface area contributed by atoms with Gasteiger partial charge in [-0.1, -0.05) is 66.7 Å². The lowest BCUT2D eigenvalue weighted by molar-refractivity contribution is -0.660. The molecule has 4 nitrogen and oxygen atoms in total. The quantitative estimate of drug-likeness (QED) is 0.187. The van der Waals surface area contributed by atoms with Gasteiger partial charge < -0.3 is 8.83 Å². The highest BCUT2D eigenvalue weighted by Crippen LogP contribution is 2.41. The van der Waals surface area contributed by atoms with Crippen LogP contribution in [0.1, 0.15) is 22.4 Å². The maximum Gasteiger partial charge on any atom is 0.227 e. The standard InChI is InChI=1S/C43H33N2O2/c1-24-10-15-35-34-19-12-28-8-6-7-9-32(28)41(34)47-42(35)40(24)38-22-37(26(3)23-45(38)5)31-17-13-29(20-25(31)2)30-14-18-33-36-16-11-27(4)44-43(36)46-39(33)21-30/h6-23H,1-5H3/q+1. The van der Waals surface area contributed by atoms with Crippen LogP contribution in [0, 0.1) is 27.7 Å². The smallest absolute Gasteiger partial charge is 0.227 e. The third-order valence-corrected chi connectivity index (χ3v) is 9.80. The molecule has 0 atom stereocenters. The van der Waals surface area contributed by atoms with Crippen LogP contribution < -0.4 is 4.57 Å². The molecule has 0 saturated heterocycles. The molecule has 0 spiro atoms. The van der Waals surface area contributed by atoms with E-state index in [1.165, 1.54) is 33.2 Å². The molecular weight excluding hydrogens is 576 g/mol. The summed E-state index contributed by atoms with van der Waals surface area (Å²) >= 11 is 0. The topological polar surface area (TPSA) is 43.1 Å². The molecule has 0 amide bonds. The molecule has 4 heterocycles. The van der Waals surface area contributed by atoms with E-state index in [-0.39, 0.29) is 0 Å². The van der Waals surface area contributed by atoms with Gasteiger partial charge >= 0.3 is 0 Å². The number of furan rings is 2. The summed E-state index contributed by atoms with van der Waals surface area (Å²) < 4.78 is 15.2. The van der Waals surface area contributed by atoms with Crippen molar-refractivity contribution in [3.05, 3.63) is 132 Å². The molecule has 0 saturated carbocycles. The van der Waals surface area contributed by atoms with Gasteiger partial charge in [0.2, 0.25) is 11.4 Å². The molecule has 0 aliphatic heterocycles. The summed E-state index contributed by atoms with van der Waals surface area (Å²) in [5.74, 6) is 0. The Hall–Kier alpha value is -5.74. The molecule has 47 heavy (non-hydrogen) atoms. The lowest BCUT2D eigenvalue weighted by Crippen LogP contribution is -2.31. The second-order valence-corrected chi connectivity index (χ2v) is 12.9. The third-order valence-electron chi connectivity index (χ3n) is 9.80. The summed E-state index contributed by atoms with van der Waals surface area (Å²) in [6, 6.07) is 36.9. The fraction of sp³-hybridized carbons (Fsp3) is 0.116. The first-order valence-corrected chi connectivity index (χ1v) is 16.1. The summed E-state index contributed by atoms with van der Waals surface area (Å²) in [6.07, 6.45) is 2.24. The number of benzene rings is 5. The second kappa shape index (κ2) is 10.1. The molecular formula is C43H33N2O2+. The molecule has 0 aliphatic rings. The highest BCUT2D eigenvalue weighted by atomic mass is 16.3. The Balaban J connectivity index is 1.17. The summed E-state index contributed by atoms with van der Waals surface area (Å²) in [7, 11) is 2.13. The molecule has 4 heteroatoms. The summed E-state index contributed by atoms with van der Waals surface area (Å²) in [5.41, 5.74) is 15.0. The Morgan fingerprint density at radius 3 is 2.17 bits per heavy atom. The Bertz CT molecular complexity index is 2740. The Morgan fingerprint density at radius 1 is 0.553 bits per heavy atom. The first-order chi connectivity index (χ1) is 22.8. The van der Waals surface area contributed by atoms with Crippen LogP contribution in [-0.4, -0.2) is 4.98 Å². The van der Waals surface area contributed by atoms with Gasteiger partial charge in [-0.3, -0.25) is 0 Å². The zero-order chi connectivity index (χ0) is 32.0. The average Bonchev–Trinajstić information content (AvgIpc) is 3.63. The van der Waals surface area contributed by atoms with E-state index >= 15 is 0 Å². The van der Waals surface area contributed by atoms with E-state index < -0.39 is 0 Å². The lowest BCUT2D eigenvalue weighted by atomic mass is 9.92. The molecule has 0 bridgehead atoms. The van der Waals surface area contributed by atoms with Crippen LogP contribution in [0.25, 0.3) is 88.3 Å². The van der Waals surface area contributed by atoms with Gasteiger partial charge in [0.25, 0.3) is 0 Å². The van der Waals surface area contributed by atoms with Crippen molar-refractivity contribution in [3.63, 3.8) is 0 Å². The minimum absolute atomic E-state index is 0.689. The molecule has 226 valence electrons. The van der Waals surface area contributed by atoms with E-state index in [9.17, 15) is 0 Å². The van der Waals surface area contributed by atoms with Crippen molar-refractivity contribution in [2.24, 2.45) is 7.05 Å². The van der Waals surface area contributed by atoms with Crippen LogP contribution in [0.5, 0.6) is 0 Å². The third kappa shape index (κ3) is 4.21. The highest BCUT2D eigenvalue weighted by molar-refractivity contribution is 6.17. The monoisotopic (exact) mass is 609 g/mol. The van der Waals surface area contributed by atoms with Crippen molar-refractivity contribution < 1.29 is 13.4 Å². The van der Waals surface area contributed by atoms with Crippen LogP contribution in [0.2, 0.25) is 0 Å². The second-order valence-electron chi connectivity index (χ2n) is 12.9. The van der Waals surface area contributed by atoms with Crippen molar-refractivity contribution in [3.8, 4) is 33.5 Å². The maximum atomic E-state index is 6.78. The zero-order valence-electron chi connectivity index (χ0n) is 27.1. The fourth-order valence-electron chi connectivity index (χ4n) is 7.38. The van der Waals surface area contributed by atoms with Gasteiger partial charge in [-0.15, -0.1) is 0 Å². The van der Waals surface area contributed by atoms with Gasteiger partial charge in [0.05, 0.1) is 5.56 Å². The Morgan fingerprint density at radius 2 is 1.30 bits per heavy atom. The average molecular weight is 610 g/mol. The van der Waals surface area contributed by atoms with E-state index in [0.29, 0.717) is 5.71 Å². The summed E-state index contributed by atoms with van der Waals surface area (Å²) in [6.45, 7) is 8.56. The van der Waals surface area contributed by atoms with Crippen molar-refractivity contribution in [2.75, 3.05) is 0 Å². The van der Waals surface area contributed by atoms with Gasteiger partial charge in [-0.05, 0) is 96.8 Å². The molecule has 5 aromatic carbocycles. The molecule has 0 radical (unpaired) electrons. The highest BCUT2D eigenvalue weighted by Gasteiger charge is 2.24. The normalized spacial score (nSPS) is 11.9.